The molecule has 0 spiro atoms. The number of rotatable bonds is 6. The third kappa shape index (κ3) is 4.67. The van der Waals surface area contributed by atoms with Gasteiger partial charge >= 0.3 is 0 Å². The van der Waals surface area contributed by atoms with Crippen LogP contribution in [0.4, 0.5) is 11.4 Å². The number of nitrogens with one attached hydrogen (secondary N) is 1. The Morgan fingerprint density at radius 3 is 2.44 bits per heavy atom. The van der Waals surface area contributed by atoms with Crippen molar-refractivity contribution in [2.75, 3.05) is 16.8 Å². The van der Waals surface area contributed by atoms with Crippen molar-refractivity contribution < 1.29 is 14.3 Å². The fourth-order valence-electron chi connectivity index (χ4n) is 3.95. The Morgan fingerprint density at radius 1 is 1.00 bits per heavy atom. The van der Waals surface area contributed by atoms with E-state index in [-0.39, 0.29) is 24.2 Å². The van der Waals surface area contributed by atoms with Gasteiger partial charge in [0.25, 0.3) is 0 Å². The van der Waals surface area contributed by atoms with Gasteiger partial charge in [-0.05, 0) is 79.4 Å². The van der Waals surface area contributed by atoms with Crippen LogP contribution in [0, 0.1) is 19.8 Å². The molecule has 1 N–H and O–H groups in total. The molecule has 5 nitrogen and oxygen atoms in total. The van der Waals surface area contributed by atoms with Crippen molar-refractivity contribution in [2.45, 2.75) is 33.6 Å². The lowest BCUT2D eigenvalue weighted by atomic mass is 10.1. The maximum Gasteiger partial charge on any atom is 0.229 e. The summed E-state index contributed by atoms with van der Waals surface area (Å²) in [5.74, 6) is 0.950. The van der Waals surface area contributed by atoms with Crippen LogP contribution in [0.5, 0.6) is 11.5 Å². The molecular weight excluding hydrogens is 400 g/mol. The average molecular weight is 429 g/mol. The number of carbonyl (C=O) groups is 2. The van der Waals surface area contributed by atoms with E-state index in [1.807, 2.05) is 66.7 Å². The quantitative estimate of drug-likeness (QED) is 0.552. The van der Waals surface area contributed by atoms with Crippen LogP contribution in [0.15, 0.2) is 66.7 Å². The summed E-state index contributed by atoms with van der Waals surface area (Å²) in [5.41, 5.74) is 5.09. The van der Waals surface area contributed by atoms with E-state index in [2.05, 4.69) is 26.1 Å². The Kier molecular flexibility index (Phi) is 6.26. The molecule has 0 bridgehead atoms. The number of nitrogens with zero attached hydrogens (tertiary/aromatic N) is 1. The highest BCUT2D eigenvalue weighted by molar-refractivity contribution is 6.03. The van der Waals surface area contributed by atoms with Crippen LogP contribution in [0.3, 0.4) is 0 Å². The number of aryl methyl sites for hydroxylation is 3. The highest BCUT2D eigenvalue weighted by Gasteiger charge is 2.35. The van der Waals surface area contributed by atoms with Crippen LogP contribution in [-0.4, -0.2) is 18.4 Å². The molecule has 32 heavy (non-hydrogen) atoms. The van der Waals surface area contributed by atoms with Gasteiger partial charge < -0.3 is 15.0 Å². The molecule has 1 aliphatic rings. The van der Waals surface area contributed by atoms with Crippen molar-refractivity contribution in [1.29, 1.82) is 0 Å². The highest BCUT2D eigenvalue weighted by Crippen LogP contribution is 2.30. The molecule has 0 unspecified atom stereocenters. The van der Waals surface area contributed by atoms with Gasteiger partial charge in [-0.1, -0.05) is 31.2 Å². The number of hydrogen-bond acceptors (Lipinski definition) is 3. The van der Waals surface area contributed by atoms with E-state index in [0.29, 0.717) is 18.0 Å². The minimum Gasteiger partial charge on any atom is -0.457 e. The van der Waals surface area contributed by atoms with Crippen LogP contribution >= 0.6 is 0 Å². The molecule has 3 aromatic carbocycles. The first-order valence-corrected chi connectivity index (χ1v) is 11.0. The highest BCUT2D eigenvalue weighted by atomic mass is 16.5. The van der Waals surface area contributed by atoms with Gasteiger partial charge in [-0.25, -0.2) is 0 Å². The Balaban J connectivity index is 1.38. The second-order valence-corrected chi connectivity index (χ2v) is 8.25. The number of amides is 2. The molecule has 0 radical (unpaired) electrons. The third-order valence-electron chi connectivity index (χ3n) is 6.00. The summed E-state index contributed by atoms with van der Waals surface area (Å²) in [5, 5.41) is 2.94. The molecule has 1 heterocycles. The zero-order valence-corrected chi connectivity index (χ0v) is 18.7. The Hall–Kier alpha value is -3.60. The van der Waals surface area contributed by atoms with Crippen molar-refractivity contribution in [1.82, 2.24) is 0 Å². The molecular formula is C27H28N2O3. The van der Waals surface area contributed by atoms with Crippen LogP contribution in [0.25, 0.3) is 0 Å². The summed E-state index contributed by atoms with van der Waals surface area (Å²) in [4.78, 5) is 27.2. The van der Waals surface area contributed by atoms with Crippen molar-refractivity contribution in [3.8, 4) is 11.5 Å². The van der Waals surface area contributed by atoms with E-state index >= 15 is 0 Å². The van der Waals surface area contributed by atoms with Crippen molar-refractivity contribution >= 4 is 23.2 Å². The second-order valence-electron chi connectivity index (χ2n) is 8.25. The molecule has 1 fully saturated rings. The summed E-state index contributed by atoms with van der Waals surface area (Å²) in [7, 11) is 0. The van der Waals surface area contributed by atoms with Gasteiger partial charge in [0.1, 0.15) is 11.5 Å². The zero-order valence-electron chi connectivity index (χ0n) is 18.7. The van der Waals surface area contributed by atoms with Crippen molar-refractivity contribution in [2.24, 2.45) is 5.92 Å². The summed E-state index contributed by atoms with van der Waals surface area (Å²) in [6.07, 6.45) is 1.06. The van der Waals surface area contributed by atoms with Gasteiger partial charge in [-0.15, -0.1) is 0 Å². The monoisotopic (exact) mass is 428 g/mol. The van der Waals surface area contributed by atoms with E-state index < -0.39 is 0 Å². The molecule has 1 aliphatic heterocycles. The lowest BCUT2D eigenvalue weighted by Gasteiger charge is -2.20. The summed E-state index contributed by atoms with van der Waals surface area (Å²) in [6, 6.07) is 21.1. The standard InChI is InChI=1S/C27H28N2O3/c1-4-20-7-5-6-8-25(20)29-17-21(16-26(29)30)27(31)28-22-10-13-23(14-11-22)32-24-12-9-18(2)19(3)15-24/h5-15,21H,4,16-17H2,1-3H3,(H,28,31)/t21-/m0/s1. The average Bonchev–Trinajstić information content (AvgIpc) is 3.19. The van der Waals surface area contributed by atoms with E-state index in [4.69, 9.17) is 4.74 Å². The predicted octanol–water partition coefficient (Wildman–Crippen LogP) is 5.65. The Bertz CT molecular complexity index is 1140. The first-order chi connectivity index (χ1) is 15.4. The Morgan fingerprint density at radius 2 is 1.72 bits per heavy atom. The fraction of sp³-hybridized carbons (Fsp3) is 0.259. The number of carbonyl (C=O) groups excluding carboxylic acids is 2. The molecule has 1 atom stereocenters. The van der Waals surface area contributed by atoms with E-state index in [1.165, 1.54) is 11.1 Å². The van der Waals surface area contributed by atoms with Gasteiger partial charge in [0.05, 0.1) is 5.92 Å². The molecule has 4 rings (SSSR count). The fourth-order valence-corrected chi connectivity index (χ4v) is 3.95. The molecule has 2 amide bonds. The van der Waals surface area contributed by atoms with E-state index in [1.54, 1.807) is 4.90 Å². The molecule has 0 saturated carbocycles. The lowest BCUT2D eigenvalue weighted by Crippen LogP contribution is -2.28. The van der Waals surface area contributed by atoms with Crippen molar-refractivity contribution in [3.05, 3.63) is 83.4 Å². The van der Waals surface area contributed by atoms with Gasteiger partial charge in [-0.2, -0.15) is 0 Å². The van der Waals surface area contributed by atoms with Gasteiger partial charge in [0, 0.05) is 24.3 Å². The first kappa shape index (κ1) is 21.6. The smallest absolute Gasteiger partial charge is 0.229 e. The number of anilines is 2. The topological polar surface area (TPSA) is 58.6 Å². The maximum absolute atomic E-state index is 12.8. The summed E-state index contributed by atoms with van der Waals surface area (Å²) in [6.45, 7) is 6.58. The molecule has 164 valence electrons. The molecule has 0 aliphatic carbocycles. The SMILES string of the molecule is CCc1ccccc1N1C[C@@H](C(=O)Nc2ccc(Oc3ccc(C)c(C)c3)cc2)CC1=O. The molecule has 3 aromatic rings. The van der Waals surface area contributed by atoms with Crippen LogP contribution < -0.4 is 15.0 Å². The maximum atomic E-state index is 12.8. The van der Waals surface area contributed by atoms with Crippen molar-refractivity contribution in [3.63, 3.8) is 0 Å². The second kappa shape index (κ2) is 9.27. The third-order valence-corrected chi connectivity index (χ3v) is 6.00. The molecule has 5 heteroatoms. The normalized spacial score (nSPS) is 15.7. The number of benzene rings is 3. The number of para-hydroxylation sites is 1. The van der Waals surface area contributed by atoms with Crippen LogP contribution in [0.1, 0.15) is 30.0 Å². The lowest BCUT2D eigenvalue weighted by molar-refractivity contribution is -0.122. The first-order valence-electron chi connectivity index (χ1n) is 11.0. The van der Waals surface area contributed by atoms with Crippen LogP contribution in [0.2, 0.25) is 0 Å². The van der Waals surface area contributed by atoms with E-state index in [9.17, 15) is 9.59 Å². The zero-order chi connectivity index (χ0) is 22.7. The van der Waals surface area contributed by atoms with Gasteiger partial charge in [-0.3, -0.25) is 9.59 Å². The Labute approximate surface area is 189 Å². The summed E-state index contributed by atoms with van der Waals surface area (Å²) >= 11 is 0. The number of ether oxygens (including phenoxy) is 1. The summed E-state index contributed by atoms with van der Waals surface area (Å²) < 4.78 is 5.91. The van der Waals surface area contributed by atoms with Crippen LogP contribution in [-0.2, 0) is 16.0 Å². The van der Waals surface area contributed by atoms with E-state index in [0.717, 1.165) is 23.4 Å². The van der Waals surface area contributed by atoms with Gasteiger partial charge in [0.15, 0.2) is 0 Å². The molecule has 1 saturated heterocycles. The number of hydrogen-bond donors (Lipinski definition) is 1. The molecule has 0 aromatic heterocycles. The van der Waals surface area contributed by atoms with Gasteiger partial charge in [0.2, 0.25) is 11.8 Å². The minimum absolute atomic E-state index is 0.0109. The largest absolute Gasteiger partial charge is 0.457 e. The minimum atomic E-state index is -0.376. The predicted molar refractivity (Wildman–Crippen MR) is 127 cm³/mol.